The van der Waals surface area contributed by atoms with Gasteiger partial charge in [-0.1, -0.05) is 24.1 Å². The van der Waals surface area contributed by atoms with Gasteiger partial charge in [-0.15, -0.1) is 11.3 Å². The summed E-state index contributed by atoms with van der Waals surface area (Å²) in [5, 5.41) is 18.9. The molecule has 0 aliphatic carbocycles. The second-order valence-electron chi connectivity index (χ2n) is 9.19. The molecule has 0 saturated heterocycles. The molecule has 5 aromatic rings. The fourth-order valence-corrected chi connectivity index (χ4v) is 5.13. The number of fused-ring (bicyclic) bond motifs is 2. The second-order valence-corrected chi connectivity index (χ2v) is 10.4. The summed E-state index contributed by atoms with van der Waals surface area (Å²) >= 11 is 1.73. The van der Waals surface area contributed by atoms with E-state index in [4.69, 9.17) is 25.8 Å². The fourth-order valence-electron chi connectivity index (χ4n) is 3.97. The van der Waals surface area contributed by atoms with Crippen LogP contribution < -0.4 is 16.2 Å². The van der Waals surface area contributed by atoms with Gasteiger partial charge in [-0.3, -0.25) is 0 Å². The Labute approximate surface area is 217 Å². The van der Waals surface area contributed by atoms with E-state index in [0.717, 1.165) is 5.52 Å². The summed E-state index contributed by atoms with van der Waals surface area (Å²) in [7, 11) is 0. The number of nitrogens with two attached hydrogens (primary N) is 2. The minimum Gasteiger partial charge on any atom is -0.476 e. The van der Waals surface area contributed by atoms with Crippen LogP contribution in [-0.2, 0) is 13.0 Å². The molecule has 0 fully saturated rings. The molecular formula is C26H27N7O3S. The molecule has 5 N–H and O–H groups in total. The number of nitrogen functional groups attached to an aromatic ring is 1. The standard InChI is InChI=1S/C26H27N7O3S/c1-4-33-19-13-21(35-14-16(27)12-17-11-15-7-5-6-8-20(15)37-17)29-18(9-10-26(2,3)34)22(19)30-25(33)23-24(28)32-36-31-23/h5-8,11,13,16,34H,4,12,14,27H2,1-3H3,(H2,28,32)/t16-/m1/s1. The van der Waals surface area contributed by atoms with Crippen LogP contribution >= 0.6 is 11.3 Å². The molecule has 0 unspecified atom stereocenters. The smallest absolute Gasteiger partial charge is 0.216 e. The third kappa shape index (κ3) is 5.27. The number of imidazole rings is 1. The molecule has 5 rings (SSSR count). The maximum atomic E-state index is 10.2. The van der Waals surface area contributed by atoms with Crippen LogP contribution in [0.25, 0.3) is 32.6 Å². The highest BCUT2D eigenvalue weighted by molar-refractivity contribution is 7.19. The lowest BCUT2D eigenvalue weighted by atomic mass is 10.1. The highest BCUT2D eigenvalue weighted by Crippen LogP contribution is 2.30. The summed E-state index contributed by atoms with van der Waals surface area (Å²) < 4.78 is 14.0. The van der Waals surface area contributed by atoms with Crippen molar-refractivity contribution in [1.82, 2.24) is 24.8 Å². The summed E-state index contributed by atoms with van der Waals surface area (Å²) in [6.07, 6.45) is 0.683. The van der Waals surface area contributed by atoms with Gasteiger partial charge in [-0.05, 0) is 54.5 Å². The summed E-state index contributed by atoms with van der Waals surface area (Å²) in [6.45, 7) is 5.99. The SMILES string of the molecule is CCn1c(-c2nonc2N)nc2c(C#CC(C)(C)O)nc(OC[C@H](N)Cc3cc4ccccc4s3)cc21. The number of thiophene rings is 1. The molecule has 11 heteroatoms. The van der Waals surface area contributed by atoms with Crippen molar-refractivity contribution in [3.63, 3.8) is 0 Å². The third-order valence-electron chi connectivity index (χ3n) is 5.63. The molecule has 0 bridgehead atoms. The van der Waals surface area contributed by atoms with Crippen LogP contribution in [0.2, 0.25) is 0 Å². The summed E-state index contributed by atoms with van der Waals surface area (Å²) in [4.78, 5) is 10.5. The molecule has 4 heterocycles. The largest absolute Gasteiger partial charge is 0.476 e. The van der Waals surface area contributed by atoms with E-state index in [1.807, 2.05) is 23.6 Å². The van der Waals surface area contributed by atoms with Gasteiger partial charge < -0.3 is 25.9 Å². The first kappa shape index (κ1) is 24.7. The Bertz CT molecular complexity index is 1600. The van der Waals surface area contributed by atoms with Crippen LogP contribution in [0.4, 0.5) is 5.82 Å². The number of ether oxygens (including phenoxy) is 1. The lowest BCUT2D eigenvalue weighted by Crippen LogP contribution is -2.30. The van der Waals surface area contributed by atoms with Crippen molar-refractivity contribution in [3.8, 4) is 29.2 Å². The zero-order valence-corrected chi connectivity index (χ0v) is 21.5. The number of aliphatic hydroxyl groups is 1. The number of rotatable bonds is 7. The highest BCUT2D eigenvalue weighted by Gasteiger charge is 2.22. The Hall–Kier alpha value is -3.98. The van der Waals surface area contributed by atoms with Gasteiger partial charge in [0.05, 0.1) is 5.52 Å². The van der Waals surface area contributed by atoms with E-state index >= 15 is 0 Å². The van der Waals surface area contributed by atoms with Crippen molar-refractivity contribution >= 4 is 38.3 Å². The van der Waals surface area contributed by atoms with E-state index in [9.17, 15) is 5.11 Å². The summed E-state index contributed by atoms with van der Waals surface area (Å²) in [5.74, 6) is 6.71. The van der Waals surface area contributed by atoms with Crippen molar-refractivity contribution in [1.29, 1.82) is 0 Å². The monoisotopic (exact) mass is 517 g/mol. The Morgan fingerprint density at radius 2 is 2.03 bits per heavy atom. The number of anilines is 1. The molecule has 0 aliphatic rings. The molecule has 1 atom stereocenters. The van der Waals surface area contributed by atoms with E-state index in [1.165, 1.54) is 15.0 Å². The third-order valence-corrected chi connectivity index (χ3v) is 6.77. The van der Waals surface area contributed by atoms with E-state index in [1.54, 1.807) is 31.3 Å². The quantitative estimate of drug-likeness (QED) is 0.276. The lowest BCUT2D eigenvalue weighted by molar-refractivity contribution is 0.143. The first-order valence-electron chi connectivity index (χ1n) is 11.8. The van der Waals surface area contributed by atoms with Gasteiger partial charge in [0.2, 0.25) is 5.88 Å². The van der Waals surface area contributed by atoms with Gasteiger partial charge in [0, 0.05) is 34.7 Å². The summed E-state index contributed by atoms with van der Waals surface area (Å²) in [5.41, 5.74) is 13.1. The average molecular weight is 518 g/mol. The number of aryl methyl sites for hydroxylation is 1. The summed E-state index contributed by atoms with van der Waals surface area (Å²) in [6, 6.07) is 12.0. The maximum Gasteiger partial charge on any atom is 0.216 e. The molecule has 0 aliphatic heterocycles. The molecule has 0 saturated carbocycles. The van der Waals surface area contributed by atoms with Crippen molar-refractivity contribution in [3.05, 3.63) is 47.0 Å². The van der Waals surface area contributed by atoms with Crippen molar-refractivity contribution in [2.24, 2.45) is 5.73 Å². The number of nitrogens with zero attached hydrogens (tertiary/aromatic N) is 5. The van der Waals surface area contributed by atoms with Gasteiger partial charge >= 0.3 is 0 Å². The fraction of sp³-hybridized carbons (Fsp3) is 0.308. The predicted octanol–water partition coefficient (Wildman–Crippen LogP) is 3.37. The number of hydrogen-bond donors (Lipinski definition) is 3. The van der Waals surface area contributed by atoms with Gasteiger partial charge in [0.25, 0.3) is 0 Å². The van der Waals surface area contributed by atoms with Crippen LogP contribution in [0.3, 0.4) is 0 Å². The van der Waals surface area contributed by atoms with E-state index < -0.39 is 5.60 Å². The van der Waals surface area contributed by atoms with Gasteiger partial charge in [0.1, 0.15) is 23.4 Å². The molecule has 37 heavy (non-hydrogen) atoms. The van der Waals surface area contributed by atoms with Gasteiger partial charge in [-0.2, -0.15) is 0 Å². The van der Waals surface area contributed by atoms with Crippen LogP contribution in [0.15, 0.2) is 41.0 Å². The van der Waals surface area contributed by atoms with Crippen LogP contribution in [0, 0.1) is 11.8 Å². The molecule has 0 radical (unpaired) electrons. The van der Waals surface area contributed by atoms with Crippen LogP contribution in [0.5, 0.6) is 5.88 Å². The first-order chi connectivity index (χ1) is 17.7. The highest BCUT2D eigenvalue weighted by atomic mass is 32.1. The Morgan fingerprint density at radius 3 is 2.73 bits per heavy atom. The second kappa shape index (κ2) is 9.82. The molecule has 4 aromatic heterocycles. The zero-order chi connectivity index (χ0) is 26.2. The maximum absolute atomic E-state index is 10.2. The van der Waals surface area contributed by atoms with Crippen molar-refractivity contribution in [2.75, 3.05) is 12.3 Å². The molecule has 0 amide bonds. The van der Waals surface area contributed by atoms with E-state index in [0.29, 0.717) is 41.6 Å². The lowest BCUT2D eigenvalue weighted by Gasteiger charge is -2.13. The number of benzene rings is 1. The van der Waals surface area contributed by atoms with Crippen molar-refractivity contribution in [2.45, 2.75) is 45.4 Å². The molecule has 190 valence electrons. The van der Waals surface area contributed by atoms with E-state index in [-0.39, 0.29) is 18.5 Å². The average Bonchev–Trinajstić information content (AvgIpc) is 3.56. The number of hydrogen-bond acceptors (Lipinski definition) is 10. The van der Waals surface area contributed by atoms with Crippen LogP contribution in [0.1, 0.15) is 31.3 Å². The minimum atomic E-state index is -1.21. The molecule has 10 nitrogen and oxygen atoms in total. The van der Waals surface area contributed by atoms with Crippen molar-refractivity contribution < 1.29 is 14.5 Å². The molecule has 1 aromatic carbocycles. The zero-order valence-electron chi connectivity index (χ0n) is 20.7. The Morgan fingerprint density at radius 1 is 1.22 bits per heavy atom. The Balaban J connectivity index is 1.46. The molecular weight excluding hydrogens is 490 g/mol. The minimum absolute atomic E-state index is 0.130. The Kier molecular flexibility index (Phi) is 6.55. The molecule has 0 spiro atoms. The topological polar surface area (TPSA) is 151 Å². The first-order valence-corrected chi connectivity index (χ1v) is 12.6. The number of pyridine rings is 1. The van der Waals surface area contributed by atoms with Gasteiger partial charge in [0.15, 0.2) is 17.3 Å². The van der Waals surface area contributed by atoms with E-state index in [2.05, 4.69) is 45.3 Å². The normalized spacial score (nSPS) is 12.6. The number of aromatic nitrogens is 5. The van der Waals surface area contributed by atoms with Gasteiger partial charge in [-0.25, -0.2) is 14.6 Å². The predicted molar refractivity (Wildman–Crippen MR) is 143 cm³/mol. The van der Waals surface area contributed by atoms with Crippen LogP contribution in [-0.4, -0.2) is 48.2 Å².